The van der Waals surface area contributed by atoms with Crippen LogP contribution in [0.15, 0.2) is 41.4 Å². The molecule has 0 aliphatic heterocycles. The summed E-state index contributed by atoms with van der Waals surface area (Å²) in [4.78, 5) is 4.15. The molecule has 1 atom stereocenters. The Kier molecular flexibility index (Phi) is 3.48. The van der Waals surface area contributed by atoms with E-state index in [0.717, 1.165) is 6.42 Å². The summed E-state index contributed by atoms with van der Waals surface area (Å²) in [5, 5.41) is 7.63. The van der Waals surface area contributed by atoms with Gasteiger partial charge in [-0.25, -0.2) is 0 Å². The van der Waals surface area contributed by atoms with Gasteiger partial charge in [0.15, 0.2) is 0 Å². The highest BCUT2D eigenvalue weighted by Crippen LogP contribution is 2.18. The normalized spacial score (nSPS) is 12.6. The van der Waals surface area contributed by atoms with Gasteiger partial charge in [-0.2, -0.15) is 11.3 Å². The third kappa shape index (κ3) is 2.64. The number of aromatic nitrogens is 1. The summed E-state index contributed by atoms with van der Waals surface area (Å²) in [6.07, 6.45) is 4.75. The topological polar surface area (TPSA) is 24.9 Å². The van der Waals surface area contributed by atoms with E-state index >= 15 is 0 Å². The van der Waals surface area contributed by atoms with E-state index in [1.807, 2.05) is 19.3 Å². The minimum absolute atomic E-state index is 0.355. The first-order valence-electron chi connectivity index (χ1n) is 4.98. The van der Waals surface area contributed by atoms with Crippen LogP contribution >= 0.6 is 11.3 Å². The lowest BCUT2D eigenvalue weighted by Gasteiger charge is -2.15. The lowest BCUT2D eigenvalue weighted by atomic mass is 10.0. The third-order valence-corrected chi connectivity index (χ3v) is 3.19. The first kappa shape index (κ1) is 10.3. The van der Waals surface area contributed by atoms with E-state index in [1.165, 1.54) is 11.1 Å². The van der Waals surface area contributed by atoms with E-state index in [-0.39, 0.29) is 0 Å². The maximum absolute atomic E-state index is 4.15. The molecule has 2 aromatic heterocycles. The average molecular weight is 218 g/mol. The smallest absolute Gasteiger partial charge is 0.0374 e. The molecule has 0 aliphatic rings. The molecule has 2 rings (SSSR count). The lowest BCUT2D eigenvalue weighted by molar-refractivity contribution is 0.591. The molecule has 15 heavy (non-hydrogen) atoms. The molecule has 2 nitrogen and oxygen atoms in total. The van der Waals surface area contributed by atoms with Crippen molar-refractivity contribution in [3.8, 4) is 0 Å². The van der Waals surface area contributed by atoms with Crippen LogP contribution < -0.4 is 5.32 Å². The van der Waals surface area contributed by atoms with Crippen LogP contribution in [0.5, 0.6) is 0 Å². The SMILES string of the molecule is CNC(Cc1ccsc1)c1cccnc1. The standard InChI is InChI=1S/C12H14N2S/c1-13-12(7-10-4-6-15-9-10)11-3-2-5-14-8-11/h2-6,8-9,12-13H,7H2,1H3. The summed E-state index contributed by atoms with van der Waals surface area (Å²) in [7, 11) is 1.99. The van der Waals surface area contributed by atoms with Crippen LogP contribution in [0.3, 0.4) is 0 Å². The number of nitrogens with zero attached hydrogens (tertiary/aromatic N) is 1. The Morgan fingerprint density at radius 2 is 2.40 bits per heavy atom. The zero-order chi connectivity index (χ0) is 10.5. The minimum atomic E-state index is 0.355. The van der Waals surface area contributed by atoms with Crippen LogP contribution in [0.25, 0.3) is 0 Å². The van der Waals surface area contributed by atoms with Gasteiger partial charge in [-0.05, 0) is 47.5 Å². The largest absolute Gasteiger partial charge is 0.313 e. The molecule has 2 aromatic rings. The second kappa shape index (κ2) is 5.05. The first-order chi connectivity index (χ1) is 7.40. The molecule has 0 bridgehead atoms. The van der Waals surface area contributed by atoms with Crippen molar-refractivity contribution in [1.29, 1.82) is 0 Å². The van der Waals surface area contributed by atoms with E-state index in [0.29, 0.717) is 6.04 Å². The van der Waals surface area contributed by atoms with Gasteiger partial charge in [-0.1, -0.05) is 6.07 Å². The highest BCUT2D eigenvalue weighted by Gasteiger charge is 2.09. The summed E-state index contributed by atoms with van der Waals surface area (Å²) in [6.45, 7) is 0. The first-order valence-corrected chi connectivity index (χ1v) is 5.92. The van der Waals surface area contributed by atoms with Crippen molar-refractivity contribution in [2.45, 2.75) is 12.5 Å². The third-order valence-electron chi connectivity index (χ3n) is 2.46. The monoisotopic (exact) mass is 218 g/mol. The Bertz CT molecular complexity index is 383. The van der Waals surface area contributed by atoms with E-state index in [1.54, 1.807) is 17.5 Å². The Labute approximate surface area is 94.0 Å². The van der Waals surface area contributed by atoms with Gasteiger partial charge in [0.25, 0.3) is 0 Å². The van der Waals surface area contributed by atoms with Gasteiger partial charge in [0.1, 0.15) is 0 Å². The van der Waals surface area contributed by atoms with E-state index in [4.69, 9.17) is 0 Å². The fourth-order valence-electron chi connectivity index (χ4n) is 1.61. The highest BCUT2D eigenvalue weighted by atomic mass is 32.1. The maximum atomic E-state index is 4.15. The molecule has 3 heteroatoms. The zero-order valence-corrected chi connectivity index (χ0v) is 9.50. The maximum Gasteiger partial charge on any atom is 0.0374 e. The highest BCUT2D eigenvalue weighted by molar-refractivity contribution is 7.07. The lowest BCUT2D eigenvalue weighted by Crippen LogP contribution is -2.18. The number of rotatable bonds is 4. The average Bonchev–Trinajstić information content (AvgIpc) is 2.80. The van der Waals surface area contributed by atoms with Crippen molar-refractivity contribution in [3.05, 3.63) is 52.5 Å². The second-order valence-electron chi connectivity index (χ2n) is 3.46. The van der Waals surface area contributed by atoms with Gasteiger partial charge >= 0.3 is 0 Å². The predicted octanol–water partition coefficient (Wildman–Crippen LogP) is 2.65. The molecular weight excluding hydrogens is 204 g/mol. The Morgan fingerprint density at radius 3 is 3.00 bits per heavy atom. The van der Waals surface area contributed by atoms with Crippen molar-refractivity contribution in [3.63, 3.8) is 0 Å². The molecule has 0 aliphatic carbocycles. The van der Waals surface area contributed by atoms with Crippen LogP contribution in [-0.2, 0) is 6.42 Å². The number of hydrogen-bond acceptors (Lipinski definition) is 3. The van der Waals surface area contributed by atoms with E-state index in [9.17, 15) is 0 Å². The Balaban J connectivity index is 2.12. The van der Waals surface area contributed by atoms with Crippen molar-refractivity contribution in [2.24, 2.45) is 0 Å². The molecule has 0 spiro atoms. The van der Waals surface area contributed by atoms with E-state index in [2.05, 4.69) is 33.2 Å². The summed E-state index contributed by atoms with van der Waals surface area (Å²) in [5.41, 5.74) is 2.62. The molecule has 2 heterocycles. The molecular formula is C12H14N2S. The molecule has 1 N–H and O–H groups in total. The van der Waals surface area contributed by atoms with Crippen molar-refractivity contribution in [1.82, 2.24) is 10.3 Å². The van der Waals surface area contributed by atoms with Gasteiger partial charge in [0.05, 0.1) is 0 Å². The van der Waals surface area contributed by atoms with Crippen LogP contribution in [0.2, 0.25) is 0 Å². The van der Waals surface area contributed by atoms with Gasteiger partial charge < -0.3 is 5.32 Å². The van der Waals surface area contributed by atoms with Crippen LogP contribution in [0.4, 0.5) is 0 Å². The van der Waals surface area contributed by atoms with Crippen molar-refractivity contribution >= 4 is 11.3 Å². The van der Waals surface area contributed by atoms with Crippen molar-refractivity contribution in [2.75, 3.05) is 7.05 Å². The fraction of sp³-hybridized carbons (Fsp3) is 0.250. The fourth-order valence-corrected chi connectivity index (χ4v) is 2.29. The number of thiophene rings is 1. The minimum Gasteiger partial charge on any atom is -0.313 e. The molecule has 0 fully saturated rings. The van der Waals surface area contributed by atoms with Gasteiger partial charge in [-0.15, -0.1) is 0 Å². The van der Waals surface area contributed by atoms with E-state index < -0.39 is 0 Å². The predicted molar refractivity (Wildman–Crippen MR) is 64.1 cm³/mol. The number of hydrogen-bond donors (Lipinski definition) is 1. The summed E-state index contributed by atoms with van der Waals surface area (Å²) >= 11 is 1.74. The Morgan fingerprint density at radius 1 is 1.47 bits per heavy atom. The molecule has 78 valence electrons. The zero-order valence-electron chi connectivity index (χ0n) is 8.68. The van der Waals surface area contributed by atoms with Gasteiger partial charge in [-0.3, -0.25) is 4.98 Å². The Hall–Kier alpha value is -1.19. The molecule has 0 aromatic carbocycles. The number of likely N-dealkylation sites (N-methyl/N-ethyl adjacent to an activating group) is 1. The summed E-state index contributed by atoms with van der Waals surface area (Å²) in [6, 6.07) is 6.62. The molecule has 0 radical (unpaired) electrons. The molecule has 0 saturated heterocycles. The molecule has 1 unspecified atom stereocenters. The number of nitrogens with one attached hydrogen (secondary N) is 1. The van der Waals surface area contributed by atoms with Crippen molar-refractivity contribution < 1.29 is 0 Å². The quantitative estimate of drug-likeness (QED) is 0.853. The second-order valence-corrected chi connectivity index (χ2v) is 4.24. The summed E-state index contributed by atoms with van der Waals surface area (Å²) in [5.74, 6) is 0. The number of pyridine rings is 1. The van der Waals surface area contributed by atoms with Gasteiger partial charge in [0, 0.05) is 18.4 Å². The van der Waals surface area contributed by atoms with Crippen LogP contribution in [0.1, 0.15) is 17.2 Å². The van der Waals surface area contributed by atoms with Gasteiger partial charge in [0.2, 0.25) is 0 Å². The summed E-state index contributed by atoms with van der Waals surface area (Å²) < 4.78 is 0. The molecule has 0 amide bonds. The van der Waals surface area contributed by atoms with Crippen LogP contribution in [-0.4, -0.2) is 12.0 Å². The van der Waals surface area contributed by atoms with Crippen LogP contribution in [0, 0.1) is 0 Å². The molecule has 0 saturated carbocycles.